The highest BCUT2D eigenvalue weighted by Gasteiger charge is 2.19. The fourth-order valence-corrected chi connectivity index (χ4v) is 5.35. The molecule has 8 nitrogen and oxygen atoms in total. The van der Waals surface area contributed by atoms with Gasteiger partial charge in [0.2, 0.25) is 11.8 Å². The first-order valence-corrected chi connectivity index (χ1v) is 14.5. The summed E-state index contributed by atoms with van der Waals surface area (Å²) in [6, 6.07) is 32.3. The van der Waals surface area contributed by atoms with Crippen LogP contribution in [0, 0.1) is 6.92 Å². The molecule has 0 amide bonds. The predicted octanol–water partition coefficient (Wildman–Crippen LogP) is 8.68. The Morgan fingerprint density at radius 2 is 1.07 bits per heavy atom. The van der Waals surface area contributed by atoms with Gasteiger partial charge in [0.1, 0.15) is 11.4 Å². The summed E-state index contributed by atoms with van der Waals surface area (Å²) in [6.07, 6.45) is 1.72. The van der Waals surface area contributed by atoms with Crippen molar-refractivity contribution in [2.24, 2.45) is 4.99 Å². The largest absolute Gasteiger partial charge is 0.437 e. The summed E-state index contributed by atoms with van der Waals surface area (Å²) in [5.41, 5.74) is 10.5. The average Bonchev–Trinajstić information content (AvgIpc) is 3.69. The Kier molecular flexibility index (Phi) is 6.19. The van der Waals surface area contributed by atoms with Gasteiger partial charge >= 0.3 is 0 Å². The second-order valence-electron chi connectivity index (χ2n) is 10.9. The Bertz CT molecular complexity index is 2190. The Morgan fingerprint density at radius 3 is 1.70 bits per heavy atom. The van der Waals surface area contributed by atoms with Crippen LogP contribution in [0.25, 0.3) is 68.0 Å². The predicted molar refractivity (Wildman–Crippen MR) is 170 cm³/mol. The highest BCUT2D eigenvalue weighted by Crippen LogP contribution is 2.32. The fourth-order valence-electron chi connectivity index (χ4n) is 5.35. The van der Waals surface area contributed by atoms with Crippen LogP contribution in [0.1, 0.15) is 24.8 Å². The van der Waals surface area contributed by atoms with Gasteiger partial charge in [0, 0.05) is 29.0 Å². The van der Waals surface area contributed by atoms with Crippen LogP contribution in [-0.4, -0.2) is 30.6 Å². The van der Waals surface area contributed by atoms with E-state index >= 15 is 0 Å². The SMILES string of the molecule is CC1=Nc2nc(-c3cccc(-c4ccc(-c5ccc(-c6cccc(-c7nc8nc(C)ccc8o7)n6)cc5)cc4)n3)oc2CC1. The van der Waals surface area contributed by atoms with Crippen molar-refractivity contribution in [2.75, 3.05) is 0 Å². The number of hydrogen-bond acceptors (Lipinski definition) is 8. The lowest BCUT2D eigenvalue weighted by Crippen LogP contribution is -1.99. The Hall–Kier alpha value is -5.76. The van der Waals surface area contributed by atoms with Gasteiger partial charge in [-0.2, -0.15) is 9.97 Å². The third-order valence-electron chi connectivity index (χ3n) is 7.71. The molecule has 0 bridgehead atoms. The summed E-state index contributed by atoms with van der Waals surface area (Å²) in [5, 5.41) is 0. The molecule has 0 N–H and O–H groups in total. The van der Waals surface area contributed by atoms with Crippen LogP contribution in [0.4, 0.5) is 5.82 Å². The summed E-state index contributed by atoms with van der Waals surface area (Å²) in [4.78, 5) is 27.8. The van der Waals surface area contributed by atoms with Crippen molar-refractivity contribution >= 4 is 22.8 Å². The minimum atomic E-state index is 0.459. The molecule has 2 aromatic carbocycles. The molecule has 212 valence electrons. The highest BCUT2D eigenvalue weighted by molar-refractivity contribution is 5.86. The molecule has 0 fully saturated rings. The van der Waals surface area contributed by atoms with Crippen molar-refractivity contribution in [3.63, 3.8) is 0 Å². The van der Waals surface area contributed by atoms with E-state index in [9.17, 15) is 0 Å². The first-order chi connectivity index (χ1) is 21.6. The molecule has 1 aliphatic heterocycles. The van der Waals surface area contributed by atoms with E-state index in [2.05, 4.69) is 68.5 Å². The van der Waals surface area contributed by atoms with Gasteiger partial charge in [-0.05, 0) is 67.8 Å². The van der Waals surface area contributed by atoms with Crippen LogP contribution in [-0.2, 0) is 6.42 Å². The van der Waals surface area contributed by atoms with Crippen molar-refractivity contribution in [1.82, 2.24) is 24.9 Å². The zero-order valence-electron chi connectivity index (χ0n) is 24.2. The Balaban J connectivity index is 1.01. The fraction of sp³-hybridized carbons (Fsp3) is 0.111. The average molecular weight is 575 g/mol. The lowest BCUT2D eigenvalue weighted by atomic mass is 10.0. The van der Waals surface area contributed by atoms with E-state index in [4.69, 9.17) is 18.8 Å². The van der Waals surface area contributed by atoms with Crippen LogP contribution < -0.4 is 0 Å². The van der Waals surface area contributed by atoms with Gasteiger partial charge in [0.05, 0.1) is 11.4 Å². The van der Waals surface area contributed by atoms with E-state index in [0.29, 0.717) is 40.2 Å². The molecular formula is C36H26N6O2. The monoisotopic (exact) mass is 574 g/mol. The van der Waals surface area contributed by atoms with Gasteiger partial charge in [-0.1, -0.05) is 60.7 Å². The molecule has 1 aliphatic rings. The summed E-state index contributed by atoms with van der Waals surface area (Å²) in [6.45, 7) is 3.95. The summed E-state index contributed by atoms with van der Waals surface area (Å²) in [5.74, 6) is 2.46. The van der Waals surface area contributed by atoms with Gasteiger partial charge < -0.3 is 8.83 Å². The molecular weight excluding hydrogens is 548 g/mol. The van der Waals surface area contributed by atoms with Gasteiger partial charge in [-0.25, -0.2) is 19.9 Å². The van der Waals surface area contributed by atoms with Crippen LogP contribution in [0.3, 0.4) is 0 Å². The minimum absolute atomic E-state index is 0.459. The van der Waals surface area contributed by atoms with Crippen molar-refractivity contribution < 1.29 is 8.83 Å². The van der Waals surface area contributed by atoms with E-state index in [0.717, 1.165) is 63.6 Å². The number of pyridine rings is 3. The number of aliphatic imine (C=N–C) groups is 1. The molecule has 0 saturated heterocycles. The normalized spacial score (nSPS) is 12.7. The van der Waals surface area contributed by atoms with Crippen molar-refractivity contribution in [1.29, 1.82) is 0 Å². The number of rotatable bonds is 5. The van der Waals surface area contributed by atoms with Gasteiger partial charge in [0.25, 0.3) is 0 Å². The number of nitrogens with zero attached hydrogens (tertiary/aromatic N) is 6. The van der Waals surface area contributed by atoms with Crippen molar-refractivity contribution in [3.05, 3.63) is 109 Å². The van der Waals surface area contributed by atoms with Crippen LogP contribution >= 0.6 is 0 Å². The van der Waals surface area contributed by atoms with Crippen LogP contribution in [0.15, 0.2) is 111 Å². The van der Waals surface area contributed by atoms with E-state index in [1.165, 1.54) is 0 Å². The smallest absolute Gasteiger partial charge is 0.247 e. The van der Waals surface area contributed by atoms with E-state index in [1.807, 2.05) is 62.4 Å². The molecule has 5 aromatic heterocycles. The molecule has 0 spiro atoms. The Morgan fingerprint density at radius 1 is 0.500 bits per heavy atom. The summed E-state index contributed by atoms with van der Waals surface area (Å²) in [7, 11) is 0. The maximum absolute atomic E-state index is 6.00. The molecule has 0 radical (unpaired) electrons. The third kappa shape index (κ3) is 4.86. The summed E-state index contributed by atoms with van der Waals surface area (Å²) >= 11 is 0. The quantitative estimate of drug-likeness (QED) is 0.203. The number of aryl methyl sites for hydroxylation is 2. The standard InChI is InChI=1S/C36H26N6O2/c1-21-9-19-31-33(37-21)41-35(43-31)29-7-3-5-27(39-29)25-15-11-23(12-16-25)24-13-17-26(18-14-24)28-6-4-8-30(40-28)36-42-34-32(44-36)20-10-22(2)38-34/h3-9,11-19H,10,20H2,1-2H3. The van der Waals surface area contributed by atoms with Gasteiger partial charge in [-0.3, -0.25) is 0 Å². The molecule has 44 heavy (non-hydrogen) atoms. The Labute approximate surface area is 253 Å². The second-order valence-corrected chi connectivity index (χ2v) is 10.9. The van der Waals surface area contributed by atoms with E-state index in [1.54, 1.807) is 0 Å². The number of fused-ring (bicyclic) bond motifs is 2. The molecule has 6 heterocycles. The number of aromatic nitrogens is 5. The maximum atomic E-state index is 6.00. The van der Waals surface area contributed by atoms with E-state index < -0.39 is 0 Å². The minimum Gasteiger partial charge on any atom is -0.437 e. The molecule has 0 saturated carbocycles. The third-order valence-corrected chi connectivity index (χ3v) is 7.71. The lowest BCUT2D eigenvalue weighted by Gasteiger charge is -2.07. The second kappa shape index (κ2) is 10.5. The molecule has 7 aromatic rings. The number of oxazole rings is 2. The van der Waals surface area contributed by atoms with Crippen LogP contribution in [0.2, 0.25) is 0 Å². The van der Waals surface area contributed by atoms with Crippen molar-refractivity contribution in [2.45, 2.75) is 26.7 Å². The van der Waals surface area contributed by atoms with Gasteiger partial charge in [-0.15, -0.1) is 0 Å². The van der Waals surface area contributed by atoms with Crippen molar-refractivity contribution in [3.8, 4) is 56.8 Å². The highest BCUT2D eigenvalue weighted by atomic mass is 16.4. The molecule has 8 heteroatoms. The summed E-state index contributed by atoms with van der Waals surface area (Å²) < 4.78 is 11.9. The lowest BCUT2D eigenvalue weighted by molar-refractivity contribution is 0.517. The van der Waals surface area contributed by atoms with Crippen LogP contribution in [0.5, 0.6) is 0 Å². The topological polar surface area (TPSA) is 103 Å². The molecule has 0 atom stereocenters. The number of benzene rings is 2. The molecule has 0 aliphatic carbocycles. The zero-order chi connectivity index (χ0) is 29.6. The molecule has 0 unspecified atom stereocenters. The number of hydrogen-bond donors (Lipinski definition) is 0. The maximum Gasteiger partial charge on any atom is 0.247 e. The molecule has 8 rings (SSSR count). The first-order valence-electron chi connectivity index (χ1n) is 14.5. The van der Waals surface area contributed by atoms with Gasteiger partial charge in [0.15, 0.2) is 22.8 Å². The first kappa shape index (κ1) is 25.9. The van der Waals surface area contributed by atoms with E-state index in [-0.39, 0.29) is 0 Å². The zero-order valence-corrected chi connectivity index (χ0v) is 24.2.